The van der Waals surface area contributed by atoms with E-state index in [0.29, 0.717) is 23.3 Å². The molecule has 3 rings (SSSR count). The molecule has 0 spiro atoms. The summed E-state index contributed by atoms with van der Waals surface area (Å²) in [6, 6.07) is 12.1. The van der Waals surface area contributed by atoms with Gasteiger partial charge in [-0.1, -0.05) is 41.4 Å². The maximum atomic E-state index is 12.7. The van der Waals surface area contributed by atoms with Crippen molar-refractivity contribution >= 4 is 33.2 Å². The van der Waals surface area contributed by atoms with Crippen LogP contribution in [0, 0.1) is 6.92 Å². The van der Waals surface area contributed by atoms with Gasteiger partial charge in [-0.25, -0.2) is 13.1 Å². The minimum atomic E-state index is -3.68. The molecule has 0 aromatic heterocycles. The van der Waals surface area contributed by atoms with Gasteiger partial charge in [0.1, 0.15) is 0 Å². The smallest absolute Gasteiger partial charge is 0.240 e. The Morgan fingerprint density at radius 2 is 1.89 bits per heavy atom. The monoisotopic (exact) mass is 428 g/mol. The zero-order valence-corrected chi connectivity index (χ0v) is 17.3. The highest BCUT2D eigenvalue weighted by atomic mass is 35.5. The molecule has 1 atom stereocenters. The average molecular weight is 429 g/mol. The third kappa shape index (κ3) is 5.22. The Kier molecular flexibility index (Phi) is 6.78. The third-order valence-corrected chi connectivity index (χ3v) is 6.70. The lowest BCUT2D eigenvalue weighted by Crippen LogP contribution is -2.43. The normalized spacial score (nSPS) is 17.0. The lowest BCUT2D eigenvalue weighted by Gasteiger charge is -2.35. The first-order chi connectivity index (χ1) is 12.9. The number of nitrogens with zero attached hydrogens (tertiary/aromatic N) is 1. The number of halogens is 2. The lowest BCUT2D eigenvalue weighted by atomic mass is 10.1. The number of aryl methyl sites for hydroxylation is 1. The van der Waals surface area contributed by atoms with E-state index >= 15 is 0 Å². The van der Waals surface area contributed by atoms with Crippen molar-refractivity contribution in [3.05, 3.63) is 63.6 Å². The molecule has 2 aromatic carbocycles. The summed E-state index contributed by atoms with van der Waals surface area (Å²) < 4.78 is 33.6. The Labute approximate surface area is 170 Å². The summed E-state index contributed by atoms with van der Waals surface area (Å²) in [5, 5.41) is 1.05. The summed E-state index contributed by atoms with van der Waals surface area (Å²) in [6.45, 7) is 4.77. The van der Waals surface area contributed by atoms with E-state index in [9.17, 15) is 8.42 Å². The van der Waals surface area contributed by atoms with Crippen LogP contribution in [0.25, 0.3) is 0 Å². The van der Waals surface area contributed by atoms with Crippen LogP contribution in [-0.2, 0) is 14.8 Å². The molecule has 1 fully saturated rings. The van der Waals surface area contributed by atoms with Crippen LogP contribution < -0.4 is 4.72 Å². The topological polar surface area (TPSA) is 58.6 Å². The van der Waals surface area contributed by atoms with Crippen molar-refractivity contribution in [2.24, 2.45) is 0 Å². The second kappa shape index (κ2) is 8.90. The second-order valence-corrected chi connectivity index (χ2v) is 9.09. The van der Waals surface area contributed by atoms with Crippen LogP contribution in [-0.4, -0.2) is 46.2 Å². The molecule has 146 valence electrons. The van der Waals surface area contributed by atoms with Crippen molar-refractivity contribution in [2.45, 2.75) is 17.9 Å². The first kappa shape index (κ1) is 20.6. The van der Waals surface area contributed by atoms with Crippen LogP contribution in [0.15, 0.2) is 47.4 Å². The molecule has 1 aliphatic heterocycles. The fraction of sp³-hybridized carbons (Fsp3) is 0.368. The largest absolute Gasteiger partial charge is 0.379 e. The highest BCUT2D eigenvalue weighted by Gasteiger charge is 2.25. The maximum Gasteiger partial charge on any atom is 0.240 e. The Balaban J connectivity index is 1.82. The molecule has 0 radical (unpaired) electrons. The molecule has 0 amide bonds. The predicted molar refractivity (Wildman–Crippen MR) is 108 cm³/mol. The molecule has 27 heavy (non-hydrogen) atoms. The highest BCUT2D eigenvalue weighted by Crippen LogP contribution is 2.25. The molecule has 5 nitrogen and oxygen atoms in total. The van der Waals surface area contributed by atoms with Gasteiger partial charge in [-0.2, -0.15) is 0 Å². The molecule has 2 aromatic rings. The highest BCUT2D eigenvalue weighted by molar-refractivity contribution is 7.89. The number of benzene rings is 2. The molecule has 1 aliphatic rings. The maximum absolute atomic E-state index is 12.7. The Bertz CT molecular complexity index is 900. The number of sulfonamides is 1. The van der Waals surface area contributed by atoms with E-state index in [1.807, 2.05) is 25.1 Å². The number of hydrogen-bond donors (Lipinski definition) is 1. The minimum absolute atomic E-state index is 0.136. The number of rotatable bonds is 6. The zero-order valence-electron chi connectivity index (χ0n) is 15.0. The van der Waals surface area contributed by atoms with Gasteiger partial charge in [-0.15, -0.1) is 0 Å². The van der Waals surface area contributed by atoms with Crippen molar-refractivity contribution in [3.63, 3.8) is 0 Å². The molecular formula is C19H22Cl2N2O3S. The van der Waals surface area contributed by atoms with Gasteiger partial charge in [0.05, 0.1) is 18.1 Å². The zero-order chi connectivity index (χ0) is 19.4. The third-order valence-electron chi connectivity index (χ3n) is 4.64. The average Bonchev–Trinajstić information content (AvgIpc) is 2.65. The van der Waals surface area contributed by atoms with Crippen molar-refractivity contribution in [1.29, 1.82) is 0 Å². The van der Waals surface area contributed by atoms with Crippen molar-refractivity contribution in [3.8, 4) is 0 Å². The fourth-order valence-corrected chi connectivity index (χ4v) is 4.58. The standard InChI is InChI=1S/C19H22Cl2N2O3S/c1-14-5-6-17(12-18(14)21)27(24,25)22-13-19(23-7-9-26-10-8-23)15-3-2-4-16(20)11-15/h2-6,11-12,19,22H,7-10,13H2,1H3. The van der Waals surface area contributed by atoms with Crippen molar-refractivity contribution in [1.82, 2.24) is 9.62 Å². The molecule has 1 heterocycles. The van der Waals surface area contributed by atoms with E-state index in [2.05, 4.69) is 9.62 Å². The summed E-state index contributed by atoms with van der Waals surface area (Å²) in [5.74, 6) is 0. The molecule has 8 heteroatoms. The van der Waals surface area contributed by atoms with Gasteiger partial charge in [-0.3, -0.25) is 4.90 Å². The summed E-state index contributed by atoms with van der Waals surface area (Å²) in [7, 11) is -3.68. The van der Waals surface area contributed by atoms with E-state index in [1.54, 1.807) is 18.2 Å². The SMILES string of the molecule is Cc1ccc(S(=O)(=O)NCC(c2cccc(Cl)c2)N2CCOCC2)cc1Cl. The quantitative estimate of drug-likeness (QED) is 0.762. The van der Waals surface area contributed by atoms with Crippen molar-refractivity contribution in [2.75, 3.05) is 32.8 Å². The second-order valence-electron chi connectivity index (χ2n) is 6.48. The molecule has 1 N–H and O–H groups in total. The number of ether oxygens (including phenoxy) is 1. The fourth-order valence-electron chi connectivity index (χ4n) is 3.07. The van der Waals surface area contributed by atoms with E-state index < -0.39 is 10.0 Å². The van der Waals surface area contributed by atoms with Crippen LogP contribution in [0.3, 0.4) is 0 Å². The van der Waals surface area contributed by atoms with Gasteiger partial charge in [0.15, 0.2) is 0 Å². The first-order valence-electron chi connectivity index (χ1n) is 8.70. The van der Waals surface area contributed by atoms with Gasteiger partial charge < -0.3 is 4.74 Å². The minimum Gasteiger partial charge on any atom is -0.379 e. The number of nitrogens with one attached hydrogen (secondary N) is 1. The number of morpholine rings is 1. The lowest BCUT2D eigenvalue weighted by molar-refractivity contribution is 0.0172. The summed E-state index contributed by atoms with van der Waals surface area (Å²) in [6.07, 6.45) is 0. The van der Waals surface area contributed by atoms with E-state index in [-0.39, 0.29) is 17.5 Å². The van der Waals surface area contributed by atoms with Crippen LogP contribution >= 0.6 is 23.2 Å². The Hall–Kier alpha value is -1.15. The molecule has 1 saturated heterocycles. The first-order valence-corrected chi connectivity index (χ1v) is 10.9. The van der Waals surface area contributed by atoms with Crippen LogP contribution in [0.2, 0.25) is 10.0 Å². The molecular weight excluding hydrogens is 407 g/mol. The summed E-state index contributed by atoms with van der Waals surface area (Å²) >= 11 is 12.2. The van der Waals surface area contributed by atoms with Gasteiger partial charge in [0.2, 0.25) is 10.0 Å². The van der Waals surface area contributed by atoms with E-state index in [4.69, 9.17) is 27.9 Å². The summed E-state index contributed by atoms with van der Waals surface area (Å²) in [5.41, 5.74) is 1.80. The molecule has 0 aliphatic carbocycles. The molecule has 0 bridgehead atoms. The van der Waals surface area contributed by atoms with E-state index in [0.717, 1.165) is 24.2 Å². The summed E-state index contributed by atoms with van der Waals surface area (Å²) in [4.78, 5) is 2.37. The molecule has 1 unspecified atom stereocenters. The van der Waals surface area contributed by atoms with Gasteiger partial charge in [0.25, 0.3) is 0 Å². The predicted octanol–water partition coefficient (Wildman–Crippen LogP) is 3.65. The van der Waals surface area contributed by atoms with Crippen LogP contribution in [0.5, 0.6) is 0 Å². The number of hydrogen-bond acceptors (Lipinski definition) is 4. The van der Waals surface area contributed by atoms with Gasteiger partial charge in [-0.05, 0) is 42.3 Å². The Morgan fingerprint density at radius 3 is 2.56 bits per heavy atom. The van der Waals surface area contributed by atoms with Crippen LogP contribution in [0.4, 0.5) is 0 Å². The van der Waals surface area contributed by atoms with E-state index in [1.165, 1.54) is 6.07 Å². The molecule has 0 saturated carbocycles. The van der Waals surface area contributed by atoms with Gasteiger partial charge in [0, 0.05) is 35.7 Å². The Morgan fingerprint density at radius 1 is 1.15 bits per heavy atom. The van der Waals surface area contributed by atoms with Gasteiger partial charge >= 0.3 is 0 Å². The van der Waals surface area contributed by atoms with Crippen LogP contribution in [0.1, 0.15) is 17.2 Å². The van der Waals surface area contributed by atoms with Crippen molar-refractivity contribution < 1.29 is 13.2 Å².